The summed E-state index contributed by atoms with van der Waals surface area (Å²) < 4.78 is 6.81. The Labute approximate surface area is 142 Å². The van der Waals surface area contributed by atoms with Crippen LogP contribution in [0.4, 0.5) is 0 Å². The predicted octanol–water partition coefficient (Wildman–Crippen LogP) is 0.532. The number of likely N-dealkylation sites (N-methyl/N-ethyl adjacent to an activating group) is 1. The van der Waals surface area contributed by atoms with E-state index in [9.17, 15) is 5.11 Å². The highest BCUT2D eigenvalue weighted by Crippen LogP contribution is 2.17. The Morgan fingerprint density at radius 1 is 1.50 bits per heavy atom. The Balaban J connectivity index is 1.48. The minimum atomic E-state index is -0.426. The van der Waals surface area contributed by atoms with Crippen LogP contribution in [0.25, 0.3) is 0 Å². The third-order valence-corrected chi connectivity index (χ3v) is 4.49. The average molecular weight is 334 g/mol. The van der Waals surface area contributed by atoms with Crippen LogP contribution in [-0.4, -0.2) is 73.7 Å². The fourth-order valence-electron chi connectivity index (χ4n) is 3.30. The lowest BCUT2D eigenvalue weighted by atomic mass is 10.0. The summed E-state index contributed by atoms with van der Waals surface area (Å²) in [5, 5.41) is 18.4. The number of aliphatic hydroxyl groups excluding tert-OH is 1. The van der Waals surface area contributed by atoms with E-state index in [0.29, 0.717) is 25.0 Å². The number of aryl methyl sites for hydroxylation is 1. The number of rotatable bonds is 7. The van der Waals surface area contributed by atoms with Crippen molar-refractivity contribution in [1.82, 2.24) is 29.7 Å². The minimum absolute atomic E-state index is 0.426. The van der Waals surface area contributed by atoms with E-state index in [1.807, 2.05) is 19.2 Å². The fourth-order valence-corrected chi connectivity index (χ4v) is 3.30. The lowest BCUT2D eigenvalue weighted by Gasteiger charge is -2.37. The van der Waals surface area contributed by atoms with Gasteiger partial charge in [-0.3, -0.25) is 14.5 Å². The number of aliphatic hydroxyl groups is 1. The van der Waals surface area contributed by atoms with Crippen molar-refractivity contribution in [2.24, 2.45) is 0 Å². The van der Waals surface area contributed by atoms with Gasteiger partial charge in [-0.1, -0.05) is 5.16 Å². The largest absolute Gasteiger partial charge is 0.390 e. The van der Waals surface area contributed by atoms with Crippen molar-refractivity contribution in [3.8, 4) is 0 Å². The van der Waals surface area contributed by atoms with E-state index in [1.54, 1.807) is 10.9 Å². The molecule has 0 saturated carbocycles. The van der Waals surface area contributed by atoms with Crippen molar-refractivity contribution in [3.63, 3.8) is 0 Å². The second-order valence-electron chi connectivity index (χ2n) is 6.58. The summed E-state index contributed by atoms with van der Waals surface area (Å²) in [5.74, 6) is 1.35. The first kappa shape index (κ1) is 17.1. The first-order valence-electron chi connectivity index (χ1n) is 8.47. The van der Waals surface area contributed by atoms with Crippen LogP contribution in [0, 0.1) is 6.92 Å². The first-order chi connectivity index (χ1) is 11.6. The lowest BCUT2D eigenvalue weighted by Crippen LogP contribution is -2.48. The molecule has 3 rings (SSSR count). The molecular weight excluding hydrogens is 308 g/mol. The van der Waals surface area contributed by atoms with Crippen LogP contribution in [0.5, 0.6) is 0 Å². The van der Waals surface area contributed by atoms with Gasteiger partial charge >= 0.3 is 0 Å². The molecule has 2 aromatic rings. The Morgan fingerprint density at radius 2 is 2.38 bits per heavy atom. The molecule has 0 aliphatic carbocycles. The van der Waals surface area contributed by atoms with Gasteiger partial charge in [0.05, 0.1) is 19.2 Å². The number of hydrogen-bond acceptors (Lipinski definition) is 7. The van der Waals surface area contributed by atoms with Crippen molar-refractivity contribution in [2.45, 2.75) is 45.0 Å². The minimum Gasteiger partial charge on any atom is -0.390 e. The van der Waals surface area contributed by atoms with Gasteiger partial charge in [-0.2, -0.15) is 10.1 Å². The van der Waals surface area contributed by atoms with Crippen molar-refractivity contribution in [3.05, 3.63) is 30.2 Å². The molecule has 2 atom stereocenters. The molecule has 0 bridgehead atoms. The molecule has 1 aliphatic rings. The summed E-state index contributed by atoms with van der Waals surface area (Å²) in [6.45, 7) is 5.70. The molecule has 1 N–H and O–H groups in total. The standard InChI is InChI=1S/C16H26N6O2/c1-13-18-16(19-24-13)12-21-7-3-5-14(9-21)20(2)10-15(23)11-22-8-4-6-17-22/h4,6,8,14-15,23H,3,5,7,9-12H2,1-2H3/t14-,15-/m1/s1. The molecule has 0 aromatic carbocycles. The lowest BCUT2D eigenvalue weighted by molar-refractivity contribution is 0.0556. The molecular formula is C16H26N6O2. The Hall–Kier alpha value is -1.77. The molecule has 2 aromatic heterocycles. The summed E-state index contributed by atoms with van der Waals surface area (Å²) in [7, 11) is 2.08. The van der Waals surface area contributed by atoms with E-state index >= 15 is 0 Å². The highest BCUT2D eigenvalue weighted by atomic mass is 16.5. The normalized spacial score (nSPS) is 20.6. The fraction of sp³-hybridized carbons (Fsp3) is 0.688. The molecule has 0 spiro atoms. The maximum absolute atomic E-state index is 10.3. The quantitative estimate of drug-likeness (QED) is 0.791. The zero-order chi connectivity index (χ0) is 16.9. The Morgan fingerprint density at radius 3 is 3.08 bits per heavy atom. The van der Waals surface area contributed by atoms with Gasteiger partial charge < -0.3 is 9.63 Å². The molecule has 0 radical (unpaired) electrons. The van der Waals surface area contributed by atoms with Crippen LogP contribution in [-0.2, 0) is 13.1 Å². The smallest absolute Gasteiger partial charge is 0.223 e. The molecule has 1 aliphatic heterocycles. The van der Waals surface area contributed by atoms with Gasteiger partial charge in [-0.15, -0.1) is 0 Å². The summed E-state index contributed by atoms with van der Waals surface area (Å²) >= 11 is 0. The van der Waals surface area contributed by atoms with Gasteiger partial charge in [-0.25, -0.2) is 0 Å². The van der Waals surface area contributed by atoms with E-state index in [2.05, 4.69) is 32.1 Å². The zero-order valence-electron chi connectivity index (χ0n) is 14.4. The van der Waals surface area contributed by atoms with E-state index in [0.717, 1.165) is 38.3 Å². The monoisotopic (exact) mass is 334 g/mol. The van der Waals surface area contributed by atoms with Crippen molar-refractivity contribution >= 4 is 0 Å². The molecule has 1 fully saturated rings. The number of nitrogens with zero attached hydrogens (tertiary/aromatic N) is 6. The SMILES string of the molecule is Cc1nc(CN2CCC[C@@H](N(C)C[C@@H](O)Cn3cccn3)C2)no1. The van der Waals surface area contributed by atoms with Crippen LogP contribution in [0.1, 0.15) is 24.6 Å². The number of aromatic nitrogens is 4. The molecule has 0 amide bonds. The number of likely N-dealkylation sites (tertiary alicyclic amines) is 1. The average Bonchev–Trinajstić information content (AvgIpc) is 3.19. The number of hydrogen-bond donors (Lipinski definition) is 1. The van der Waals surface area contributed by atoms with Crippen molar-refractivity contribution in [1.29, 1.82) is 0 Å². The highest BCUT2D eigenvalue weighted by Gasteiger charge is 2.25. The van der Waals surface area contributed by atoms with Gasteiger partial charge in [-0.05, 0) is 32.5 Å². The molecule has 3 heterocycles. The van der Waals surface area contributed by atoms with Gasteiger partial charge in [0.15, 0.2) is 5.82 Å². The van der Waals surface area contributed by atoms with Crippen LogP contribution in [0.15, 0.2) is 23.0 Å². The molecule has 8 heteroatoms. The topological polar surface area (TPSA) is 83.5 Å². The maximum Gasteiger partial charge on any atom is 0.223 e. The maximum atomic E-state index is 10.3. The van der Waals surface area contributed by atoms with Crippen molar-refractivity contribution < 1.29 is 9.63 Å². The summed E-state index contributed by atoms with van der Waals surface area (Å²) in [6, 6.07) is 2.30. The molecule has 8 nitrogen and oxygen atoms in total. The Bertz CT molecular complexity index is 614. The van der Waals surface area contributed by atoms with Crippen molar-refractivity contribution in [2.75, 3.05) is 26.7 Å². The molecule has 0 unspecified atom stereocenters. The summed E-state index contributed by atoms with van der Waals surface area (Å²) in [4.78, 5) is 8.89. The second kappa shape index (κ2) is 7.87. The third kappa shape index (κ3) is 4.62. The summed E-state index contributed by atoms with van der Waals surface area (Å²) in [5.41, 5.74) is 0. The zero-order valence-corrected chi connectivity index (χ0v) is 14.4. The molecule has 24 heavy (non-hydrogen) atoms. The first-order valence-corrected chi connectivity index (χ1v) is 8.47. The van der Waals surface area contributed by atoms with Crippen LogP contribution < -0.4 is 0 Å². The third-order valence-electron chi connectivity index (χ3n) is 4.49. The van der Waals surface area contributed by atoms with Gasteiger partial charge in [0, 0.05) is 38.4 Å². The molecule has 1 saturated heterocycles. The predicted molar refractivity (Wildman–Crippen MR) is 88.2 cm³/mol. The second-order valence-corrected chi connectivity index (χ2v) is 6.58. The van der Waals surface area contributed by atoms with E-state index < -0.39 is 6.10 Å². The van der Waals surface area contributed by atoms with Gasteiger partial charge in [0.25, 0.3) is 0 Å². The van der Waals surface area contributed by atoms with Gasteiger partial charge in [0.2, 0.25) is 5.89 Å². The molecule has 132 valence electrons. The summed E-state index contributed by atoms with van der Waals surface area (Å²) in [6.07, 6.45) is 5.46. The van der Waals surface area contributed by atoms with Crippen LogP contribution in [0.2, 0.25) is 0 Å². The van der Waals surface area contributed by atoms with Gasteiger partial charge in [0.1, 0.15) is 0 Å². The van der Waals surface area contributed by atoms with E-state index in [1.165, 1.54) is 0 Å². The van der Waals surface area contributed by atoms with Crippen LogP contribution >= 0.6 is 0 Å². The van der Waals surface area contributed by atoms with E-state index in [-0.39, 0.29) is 0 Å². The Kier molecular flexibility index (Phi) is 5.60. The highest BCUT2D eigenvalue weighted by molar-refractivity contribution is 4.87. The van der Waals surface area contributed by atoms with E-state index in [4.69, 9.17) is 4.52 Å². The van der Waals surface area contributed by atoms with Crippen LogP contribution in [0.3, 0.4) is 0 Å². The number of piperidine rings is 1.